The van der Waals surface area contributed by atoms with Gasteiger partial charge in [0.1, 0.15) is 5.82 Å². The molecule has 0 bridgehead atoms. The fourth-order valence-corrected chi connectivity index (χ4v) is 3.32. The Morgan fingerprint density at radius 1 is 1.00 bits per heavy atom. The van der Waals surface area contributed by atoms with Crippen LogP contribution in [0.25, 0.3) is 11.4 Å². The minimum atomic E-state index is 0.976. The van der Waals surface area contributed by atoms with E-state index in [1.165, 1.54) is 36.0 Å². The van der Waals surface area contributed by atoms with Crippen LogP contribution in [0.15, 0.2) is 18.2 Å². The molecule has 1 N–H and O–H groups in total. The van der Waals surface area contributed by atoms with Crippen LogP contribution < -0.4 is 5.32 Å². The molecule has 0 radical (unpaired) electrons. The Morgan fingerprint density at radius 3 is 3.00 bits per heavy atom. The minimum absolute atomic E-state index is 0.976. The van der Waals surface area contributed by atoms with Crippen LogP contribution in [-0.4, -0.2) is 21.3 Å². The van der Waals surface area contributed by atoms with Gasteiger partial charge in [-0.3, -0.25) is 0 Å². The fraction of sp³-hybridized carbons (Fsp3) is 0.500. The van der Waals surface area contributed by atoms with Gasteiger partial charge in [-0.15, -0.1) is 10.2 Å². The number of aromatic nitrogens is 3. The molecule has 0 amide bonds. The maximum Gasteiger partial charge on any atom is 0.163 e. The molecular formula is C16H20N4. The van der Waals surface area contributed by atoms with Gasteiger partial charge in [0.15, 0.2) is 5.82 Å². The van der Waals surface area contributed by atoms with Gasteiger partial charge in [0.25, 0.3) is 0 Å². The highest BCUT2D eigenvalue weighted by Gasteiger charge is 2.17. The third kappa shape index (κ3) is 2.04. The Morgan fingerprint density at radius 2 is 2.00 bits per heavy atom. The first kappa shape index (κ1) is 12.1. The number of nitrogens with zero attached hydrogens (tertiary/aromatic N) is 3. The minimum Gasteiger partial charge on any atom is -0.312 e. The highest BCUT2D eigenvalue weighted by Crippen LogP contribution is 2.25. The third-order valence-corrected chi connectivity index (χ3v) is 4.46. The molecule has 0 atom stereocenters. The first-order chi connectivity index (χ1) is 9.92. The Hall–Kier alpha value is -1.68. The number of rotatable bonds is 1. The largest absolute Gasteiger partial charge is 0.312 e. The molecule has 0 saturated carbocycles. The van der Waals surface area contributed by atoms with Gasteiger partial charge in [-0.25, -0.2) is 0 Å². The summed E-state index contributed by atoms with van der Waals surface area (Å²) in [6.45, 7) is 3.13. The van der Waals surface area contributed by atoms with E-state index in [4.69, 9.17) is 0 Å². The summed E-state index contributed by atoms with van der Waals surface area (Å²) in [5.41, 5.74) is 4.11. The molecule has 4 heteroatoms. The molecule has 104 valence electrons. The van der Waals surface area contributed by atoms with E-state index < -0.39 is 0 Å². The molecule has 0 saturated heterocycles. The number of hydrogen-bond acceptors (Lipinski definition) is 3. The van der Waals surface area contributed by atoms with Gasteiger partial charge >= 0.3 is 0 Å². The normalized spacial score (nSPS) is 18.2. The summed E-state index contributed by atoms with van der Waals surface area (Å²) in [4.78, 5) is 0. The van der Waals surface area contributed by atoms with Gasteiger partial charge in [0.2, 0.25) is 0 Å². The van der Waals surface area contributed by atoms with Crippen LogP contribution in [-0.2, 0) is 25.9 Å². The van der Waals surface area contributed by atoms with E-state index in [0.29, 0.717) is 0 Å². The van der Waals surface area contributed by atoms with Gasteiger partial charge in [0, 0.05) is 25.1 Å². The zero-order valence-electron chi connectivity index (χ0n) is 11.7. The van der Waals surface area contributed by atoms with Crippen molar-refractivity contribution >= 4 is 0 Å². The van der Waals surface area contributed by atoms with Gasteiger partial charge in [-0.05, 0) is 43.0 Å². The first-order valence-electron chi connectivity index (χ1n) is 7.67. The van der Waals surface area contributed by atoms with Gasteiger partial charge in [-0.1, -0.05) is 18.6 Å². The van der Waals surface area contributed by atoms with Crippen molar-refractivity contribution in [1.29, 1.82) is 0 Å². The van der Waals surface area contributed by atoms with E-state index >= 15 is 0 Å². The van der Waals surface area contributed by atoms with Crippen molar-refractivity contribution < 1.29 is 0 Å². The molecule has 4 nitrogen and oxygen atoms in total. The predicted octanol–water partition coefficient (Wildman–Crippen LogP) is 2.32. The smallest absolute Gasteiger partial charge is 0.163 e. The molecule has 0 fully saturated rings. The van der Waals surface area contributed by atoms with E-state index in [9.17, 15) is 0 Å². The number of benzene rings is 1. The van der Waals surface area contributed by atoms with Crippen LogP contribution in [0.2, 0.25) is 0 Å². The Balaban J connectivity index is 1.76. The summed E-state index contributed by atoms with van der Waals surface area (Å²) < 4.78 is 2.32. The van der Waals surface area contributed by atoms with Crippen LogP contribution >= 0.6 is 0 Å². The summed E-state index contributed by atoms with van der Waals surface area (Å²) in [6.07, 6.45) is 5.99. The highest BCUT2D eigenvalue weighted by molar-refractivity contribution is 5.58. The standard InChI is InChI=1S/C16H20N4/c1-2-4-15-18-19-16(20(15)9-3-1)13-6-5-12-7-8-17-11-14(12)10-13/h5-6,10,17H,1-4,7-9,11H2. The van der Waals surface area contributed by atoms with Gasteiger partial charge in [0.05, 0.1) is 0 Å². The zero-order valence-corrected chi connectivity index (χ0v) is 11.7. The Labute approximate surface area is 119 Å². The van der Waals surface area contributed by atoms with Crippen molar-refractivity contribution in [3.05, 3.63) is 35.2 Å². The fourth-order valence-electron chi connectivity index (χ4n) is 3.32. The Kier molecular flexibility index (Phi) is 3.03. The van der Waals surface area contributed by atoms with E-state index in [0.717, 1.165) is 44.1 Å². The quantitative estimate of drug-likeness (QED) is 0.863. The predicted molar refractivity (Wildman–Crippen MR) is 78.4 cm³/mol. The van der Waals surface area contributed by atoms with Crippen LogP contribution in [0.3, 0.4) is 0 Å². The molecule has 0 spiro atoms. The average molecular weight is 268 g/mol. The van der Waals surface area contributed by atoms with Crippen LogP contribution in [0, 0.1) is 0 Å². The lowest BCUT2D eigenvalue weighted by Gasteiger charge is -2.18. The summed E-state index contributed by atoms with van der Waals surface area (Å²) in [5.74, 6) is 2.21. The topological polar surface area (TPSA) is 42.7 Å². The molecule has 20 heavy (non-hydrogen) atoms. The molecule has 3 heterocycles. The summed E-state index contributed by atoms with van der Waals surface area (Å²) in [6, 6.07) is 6.78. The van der Waals surface area contributed by atoms with Crippen molar-refractivity contribution in [3.8, 4) is 11.4 Å². The maximum atomic E-state index is 4.45. The molecule has 1 aromatic heterocycles. The van der Waals surface area contributed by atoms with Crippen molar-refractivity contribution in [3.63, 3.8) is 0 Å². The van der Waals surface area contributed by atoms with Crippen LogP contribution in [0.5, 0.6) is 0 Å². The molecule has 0 unspecified atom stereocenters. The van der Waals surface area contributed by atoms with E-state index in [1.54, 1.807) is 0 Å². The van der Waals surface area contributed by atoms with E-state index in [-0.39, 0.29) is 0 Å². The van der Waals surface area contributed by atoms with Crippen LogP contribution in [0.1, 0.15) is 36.2 Å². The maximum absolute atomic E-state index is 4.45. The zero-order chi connectivity index (χ0) is 13.4. The number of fused-ring (bicyclic) bond motifs is 2. The second kappa shape index (κ2) is 5.02. The summed E-state index contributed by atoms with van der Waals surface area (Å²) >= 11 is 0. The monoisotopic (exact) mass is 268 g/mol. The number of aryl methyl sites for hydroxylation is 1. The SMILES string of the molecule is c1cc2c(cc1-c1nnc3n1CCCCC3)CNCC2. The molecule has 2 aliphatic rings. The third-order valence-electron chi connectivity index (χ3n) is 4.46. The van der Waals surface area contributed by atoms with Gasteiger partial charge < -0.3 is 9.88 Å². The number of nitrogens with one attached hydrogen (secondary N) is 1. The average Bonchev–Trinajstić information content (AvgIpc) is 2.75. The lowest BCUT2D eigenvalue weighted by molar-refractivity contribution is 0.635. The van der Waals surface area contributed by atoms with Crippen molar-refractivity contribution in [2.45, 2.75) is 45.2 Å². The van der Waals surface area contributed by atoms with Gasteiger partial charge in [-0.2, -0.15) is 0 Å². The lowest BCUT2D eigenvalue weighted by Crippen LogP contribution is -2.23. The molecule has 4 rings (SSSR count). The summed E-state index contributed by atoms with van der Waals surface area (Å²) in [7, 11) is 0. The van der Waals surface area contributed by atoms with E-state index in [2.05, 4.69) is 38.3 Å². The first-order valence-corrected chi connectivity index (χ1v) is 7.67. The molecule has 0 aliphatic carbocycles. The molecule has 2 aromatic rings. The second-order valence-corrected chi connectivity index (χ2v) is 5.81. The highest BCUT2D eigenvalue weighted by atomic mass is 15.3. The van der Waals surface area contributed by atoms with Crippen molar-refractivity contribution in [2.24, 2.45) is 0 Å². The second-order valence-electron chi connectivity index (χ2n) is 5.81. The molecule has 1 aromatic carbocycles. The summed E-state index contributed by atoms with van der Waals surface area (Å²) in [5, 5.41) is 12.3. The number of hydrogen-bond donors (Lipinski definition) is 1. The van der Waals surface area contributed by atoms with Crippen molar-refractivity contribution in [1.82, 2.24) is 20.1 Å². The van der Waals surface area contributed by atoms with E-state index in [1.807, 2.05) is 0 Å². The van der Waals surface area contributed by atoms with Crippen LogP contribution in [0.4, 0.5) is 0 Å². The Bertz CT molecular complexity index is 629. The lowest BCUT2D eigenvalue weighted by atomic mass is 9.98. The molecule has 2 aliphatic heterocycles. The molecular weight excluding hydrogens is 248 g/mol. The van der Waals surface area contributed by atoms with Crippen molar-refractivity contribution in [2.75, 3.05) is 6.54 Å².